The van der Waals surface area contributed by atoms with Crippen LogP contribution in [0, 0.1) is 0 Å². The highest BCUT2D eigenvalue weighted by molar-refractivity contribution is 6.30. The summed E-state index contributed by atoms with van der Waals surface area (Å²) >= 11 is 5.83. The zero-order chi connectivity index (χ0) is 11.0. The molecule has 0 radical (unpaired) electrons. The molecule has 2 heterocycles. The van der Waals surface area contributed by atoms with Gasteiger partial charge in [0, 0.05) is 16.7 Å². The molecule has 0 aliphatic carbocycles. The number of rotatable bonds is 1. The van der Waals surface area contributed by atoms with Gasteiger partial charge in [0.1, 0.15) is 18.6 Å². The van der Waals surface area contributed by atoms with Crippen molar-refractivity contribution < 1.29 is 8.82 Å². The van der Waals surface area contributed by atoms with Gasteiger partial charge in [-0.1, -0.05) is 11.6 Å². The summed E-state index contributed by atoms with van der Waals surface area (Å²) in [6, 6.07) is 9.36. The minimum atomic E-state index is 0.576. The molecule has 0 bridgehead atoms. The van der Waals surface area contributed by atoms with Crippen molar-refractivity contribution in [3.63, 3.8) is 0 Å². The van der Waals surface area contributed by atoms with E-state index in [1.54, 1.807) is 6.20 Å². The molecule has 0 saturated carbocycles. The highest BCUT2D eigenvalue weighted by Crippen LogP contribution is 2.21. The van der Waals surface area contributed by atoms with Crippen LogP contribution in [0.1, 0.15) is 0 Å². The van der Waals surface area contributed by atoms with Crippen molar-refractivity contribution in [1.82, 2.24) is 4.98 Å². The SMILES string of the molecule is Clc1ccc(-c2c[n+]3cccnc3o2)cc1. The van der Waals surface area contributed by atoms with Crippen LogP contribution in [-0.4, -0.2) is 4.98 Å². The van der Waals surface area contributed by atoms with Gasteiger partial charge >= 0.3 is 5.84 Å². The van der Waals surface area contributed by atoms with Crippen molar-refractivity contribution in [2.75, 3.05) is 0 Å². The molecule has 1 aromatic carbocycles. The maximum atomic E-state index is 5.83. The lowest BCUT2D eigenvalue weighted by atomic mass is 10.2. The molecule has 4 heteroatoms. The first-order valence-electron chi connectivity index (χ1n) is 4.85. The van der Waals surface area contributed by atoms with Gasteiger partial charge in [0.15, 0.2) is 5.76 Å². The van der Waals surface area contributed by atoms with E-state index in [4.69, 9.17) is 16.0 Å². The minimum absolute atomic E-state index is 0.576. The minimum Gasteiger partial charge on any atom is -0.384 e. The first-order chi connectivity index (χ1) is 7.83. The molecule has 0 atom stereocenters. The lowest BCUT2D eigenvalue weighted by molar-refractivity contribution is -0.516. The van der Waals surface area contributed by atoms with Gasteiger partial charge in [0.05, 0.1) is 0 Å². The van der Waals surface area contributed by atoms with Crippen molar-refractivity contribution in [3.05, 3.63) is 53.9 Å². The second kappa shape index (κ2) is 3.61. The van der Waals surface area contributed by atoms with Crippen LogP contribution < -0.4 is 4.40 Å². The van der Waals surface area contributed by atoms with Crippen LogP contribution in [0.25, 0.3) is 17.2 Å². The molecule has 0 amide bonds. The Labute approximate surface area is 96.9 Å². The standard InChI is InChI=1S/C12H8ClN2O/c13-10-4-2-9(3-5-10)11-8-15-7-1-6-14-12(15)16-11/h1-8H/q+1. The Morgan fingerprint density at radius 1 is 1.19 bits per heavy atom. The van der Waals surface area contributed by atoms with E-state index in [0.717, 1.165) is 11.3 Å². The van der Waals surface area contributed by atoms with E-state index in [1.807, 2.05) is 47.1 Å². The van der Waals surface area contributed by atoms with Gasteiger partial charge in [-0.25, -0.2) is 0 Å². The molecule has 0 aliphatic heterocycles. The Bertz CT molecular complexity index is 598. The monoisotopic (exact) mass is 231 g/mol. The van der Waals surface area contributed by atoms with Gasteiger partial charge in [-0.3, -0.25) is 0 Å². The van der Waals surface area contributed by atoms with Crippen molar-refractivity contribution in [1.29, 1.82) is 0 Å². The fraction of sp³-hybridized carbons (Fsp3) is 0. The first kappa shape index (κ1) is 9.36. The lowest BCUT2D eigenvalue weighted by Crippen LogP contribution is -2.17. The van der Waals surface area contributed by atoms with Crippen molar-refractivity contribution in [3.8, 4) is 11.3 Å². The topological polar surface area (TPSA) is 30.1 Å². The summed E-state index contributed by atoms with van der Waals surface area (Å²) in [5, 5.41) is 0.714. The largest absolute Gasteiger partial charge is 0.508 e. The lowest BCUT2D eigenvalue weighted by Gasteiger charge is -1.93. The third kappa shape index (κ3) is 1.55. The normalized spacial score (nSPS) is 10.8. The smallest absolute Gasteiger partial charge is 0.384 e. The number of benzene rings is 1. The number of aromatic nitrogens is 2. The molecule has 3 aromatic rings. The Morgan fingerprint density at radius 2 is 2.00 bits per heavy atom. The summed E-state index contributed by atoms with van der Waals surface area (Å²) in [6.07, 6.45) is 5.49. The van der Waals surface area contributed by atoms with E-state index < -0.39 is 0 Å². The van der Waals surface area contributed by atoms with Gasteiger partial charge < -0.3 is 4.42 Å². The van der Waals surface area contributed by atoms with Crippen LogP contribution >= 0.6 is 11.6 Å². The molecular weight excluding hydrogens is 224 g/mol. The van der Waals surface area contributed by atoms with Gasteiger partial charge in [-0.05, 0) is 29.2 Å². The molecule has 3 nitrogen and oxygen atoms in total. The predicted molar refractivity (Wildman–Crippen MR) is 60.1 cm³/mol. The predicted octanol–water partition coefficient (Wildman–Crippen LogP) is 2.73. The van der Waals surface area contributed by atoms with E-state index >= 15 is 0 Å². The molecule has 0 spiro atoms. The van der Waals surface area contributed by atoms with Crippen molar-refractivity contribution in [2.45, 2.75) is 0 Å². The number of hydrogen-bond acceptors (Lipinski definition) is 2. The maximum absolute atomic E-state index is 5.83. The molecule has 0 fully saturated rings. The number of oxazole rings is 1. The van der Waals surface area contributed by atoms with Crippen LogP contribution in [0.4, 0.5) is 0 Å². The Morgan fingerprint density at radius 3 is 2.75 bits per heavy atom. The molecule has 2 aromatic heterocycles. The fourth-order valence-electron chi connectivity index (χ4n) is 1.54. The summed E-state index contributed by atoms with van der Waals surface area (Å²) in [5.74, 6) is 1.35. The average Bonchev–Trinajstić information content (AvgIpc) is 2.73. The molecule has 0 aliphatic rings. The third-order valence-electron chi connectivity index (χ3n) is 2.32. The number of halogens is 1. The highest BCUT2D eigenvalue weighted by atomic mass is 35.5. The summed E-state index contributed by atoms with van der Waals surface area (Å²) in [4.78, 5) is 4.12. The Kier molecular flexibility index (Phi) is 2.11. The molecule has 0 saturated heterocycles. The quantitative estimate of drug-likeness (QED) is 0.603. The first-order valence-corrected chi connectivity index (χ1v) is 5.22. The van der Waals surface area contributed by atoms with Gasteiger partial charge in [0.25, 0.3) is 0 Å². The van der Waals surface area contributed by atoms with E-state index in [2.05, 4.69) is 4.98 Å². The molecular formula is C12H8ClN2O+. The molecule has 0 unspecified atom stereocenters. The van der Waals surface area contributed by atoms with Crippen molar-refractivity contribution >= 4 is 17.4 Å². The molecule has 78 valence electrons. The molecule has 0 N–H and O–H groups in total. The van der Waals surface area contributed by atoms with E-state index in [1.165, 1.54) is 0 Å². The van der Waals surface area contributed by atoms with Gasteiger partial charge in [0.2, 0.25) is 0 Å². The van der Waals surface area contributed by atoms with Crippen molar-refractivity contribution in [2.24, 2.45) is 0 Å². The van der Waals surface area contributed by atoms with E-state index in [9.17, 15) is 0 Å². The van der Waals surface area contributed by atoms with Crippen LogP contribution in [-0.2, 0) is 0 Å². The summed E-state index contributed by atoms with van der Waals surface area (Å²) in [7, 11) is 0. The second-order valence-electron chi connectivity index (χ2n) is 3.41. The number of nitrogens with zero attached hydrogens (tertiary/aromatic N) is 2. The van der Waals surface area contributed by atoms with E-state index in [0.29, 0.717) is 10.9 Å². The summed E-state index contributed by atoms with van der Waals surface area (Å²) in [6.45, 7) is 0. The zero-order valence-corrected chi connectivity index (χ0v) is 9.06. The number of hydrogen-bond donors (Lipinski definition) is 0. The third-order valence-corrected chi connectivity index (χ3v) is 2.58. The average molecular weight is 232 g/mol. The Balaban J connectivity index is 2.15. The fourth-order valence-corrected chi connectivity index (χ4v) is 1.67. The molecule has 3 rings (SSSR count). The van der Waals surface area contributed by atoms with Crippen LogP contribution in [0.2, 0.25) is 5.02 Å². The van der Waals surface area contributed by atoms with Crippen LogP contribution in [0.3, 0.4) is 0 Å². The van der Waals surface area contributed by atoms with Gasteiger partial charge in [-0.2, -0.15) is 4.40 Å². The second-order valence-corrected chi connectivity index (χ2v) is 3.85. The summed E-state index contributed by atoms with van der Waals surface area (Å²) in [5.41, 5.74) is 0.981. The highest BCUT2D eigenvalue weighted by Gasteiger charge is 2.12. The Hall–Kier alpha value is -1.87. The molecule has 16 heavy (non-hydrogen) atoms. The van der Waals surface area contributed by atoms with Crippen LogP contribution in [0.15, 0.2) is 53.3 Å². The zero-order valence-electron chi connectivity index (χ0n) is 8.30. The van der Waals surface area contributed by atoms with Crippen LogP contribution in [0.5, 0.6) is 0 Å². The maximum Gasteiger partial charge on any atom is 0.508 e. The number of fused-ring (bicyclic) bond motifs is 1. The van der Waals surface area contributed by atoms with Gasteiger partial charge in [-0.15, -0.1) is 0 Å². The van der Waals surface area contributed by atoms with E-state index in [-0.39, 0.29) is 0 Å². The summed E-state index contributed by atoms with van der Waals surface area (Å²) < 4.78 is 7.44.